The normalized spacial score (nSPS) is 10.1. The number of hydrogen-bond acceptors (Lipinski definition) is 5. The van der Waals surface area contributed by atoms with E-state index in [9.17, 15) is 0 Å². The first-order valence-corrected chi connectivity index (χ1v) is 5.34. The van der Waals surface area contributed by atoms with E-state index in [4.69, 9.17) is 4.42 Å². The molecule has 0 radical (unpaired) electrons. The van der Waals surface area contributed by atoms with Gasteiger partial charge in [0, 0.05) is 12.6 Å². The summed E-state index contributed by atoms with van der Waals surface area (Å²) in [7, 11) is 1.71. The second-order valence-electron chi connectivity index (χ2n) is 2.94. The largest absolute Gasteiger partial charge is 0.402 e. The van der Waals surface area contributed by atoms with E-state index in [2.05, 4.69) is 43.0 Å². The molecule has 0 aliphatic rings. The van der Waals surface area contributed by atoms with Crippen LogP contribution in [0.5, 0.6) is 0 Å². The summed E-state index contributed by atoms with van der Waals surface area (Å²) >= 11 is 3.34. The van der Waals surface area contributed by atoms with Crippen LogP contribution in [0, 0.1) is 0 Å². The molecular weight excluding hydrogens is 272 g/mol. The van der Waals surface area contributed by atoms with E-state index in [1.807, 2.05) is 6.07 Å². The summed E-state index contributed by atoms with van der Waals surface area (Å²) in [5.74, 6) is 0.376. The molecule has 0 aliphatic heterocycles. The highest BCUT2D eigenvalue weighted by atomic mass is 79.9. The van der Waals surface area contributed by atoms with E-state index >= 15 is 0 Å². The molecule has 0 atom stereocenters. The lowest BCUT2D eigenvalue weighted by Gasteiger charge is -1.99. The lowest BCUT2D eigenvalue weighted by molar-refractivity contribution is 0.583. The number of hydrogen-bond donors (Lipinski definition) is 1. The highest BCUT2D eigenvalue weighted by Crippen LogP contribution is 2.22. The topological polar surface area (TPSA) is 63.8 Å². The van der Waals surface area contributed by atoms with Crippen molar-refractivity contribution in [3.63, 3.8) is 0 Å². The molecule has 5 nitrogen and oxygen atoms in total. The zero-order valence-electron chi connectivity index (χ0n) is 8.57. The Bertz CT molecular complexity index is 523. The van der Waals surface area contributed by atoms with Gasteiger partial charge in [-0.2, -0.15) is 0 Å². The van der Waals surface area contributed by atoms with Gasteiger partial charge in [0.15, 0.2) is 0 Å². The third-order valence-electron chi connectivity index (χ3n) is 1.96. The maximum Gasteiger partial charge on any atom is 0.315 e. The molecule has 0 fully saturated rings. The smallest absolute Gasteiger partial charge is 0.315 e. The first-order valence-electron chi connectivity index (χ1n) is 4.55. The van der Waals surface area contributed by atoms with Crippen molar-refractivity contribution in [2.24, 2.45) is 0 Å². The average molecular weight is 281 g/mol. The highest BCUT2D eigenvalue weighted by molar-refractivity contribution is 9.10. The predicted molar refractivity (Wildman–Crippen MR) is 64.9 cm³/mol. The average Bonchev–Trinajstić information content (AvgIpc) is 2.77. The molecule has 2 aromatic heterocycles. The van der Waals surface area contributed by atoms with E-state index in [0.29, 0.717) is 22.2 Å². The van der Waals surface area contributed by atoms with Crippen molar-refractivity contribution >= 4 is 28.0 Å². The van der Waals surface area contributed by atoms with Gasteiger partial charge in [-0.3, -0.25) is 0 Å². The number of pyridine rings is 1. The first kappa shape index (κ1) is 10.8. The maximum absolute atomic E-state index is 5.30. The van der Waals surface area contributed by atoms with Gasteiger partial charge in [-0.15, -0.1) is 5.10 Å². The van der Waals surface area contributed by atoms with Crippen LogP contribution in [0.25, 0.3) is 17.7 Å². The zero-order chi connectivity index (χ0) is 11.5. The van der Waals surface area contributed by atoms with Crippen LogP contribution in [-0.2, 0) is 0 Å². The van der Waals surface area contributed by atoms with Crippen molar-refractivity contribution in [2.45, 2.75) is 0 Å². The Balaban J connectivity index is 2.40. The van der Waals surface area contributed by atoms with Crippen LogP contribution in [0.2, 0.25) is 0 Å². The third-order valence-corrected chi connectivity index (χ3v) is 2.59. The molecule has 2 aromatic rings. The molecule has 0 spiro atoms. The van der Waals surface area contributed by atoms with Crippen molar-refractivity contribution in [2.75, 3.05) is 12.4 Å². The van der Waals surface area contributed by atoms with E-state index in [1.165, 1.54) is 0 Å². The van der Waals surface area contributed by atoms with Crippen molar-refractivity contribution in [1.29, 1.82) is 0 Å². The van der Waals surface area contributed by atoms with Crippen LogP contribution >= 0.6 is 15.9 Å². The molecular formula is C10H9BrN4O. The van der Waals surface area contributed by atoms with Crippen LogP contribution < -0.4 is 5.32 Å². The van der Waals surface area contributed by atoms with E-state index in [0.717, 1.165) is 5.56 Å². The van der Waals surface area contributed by atoms with Crippen LogP contribution in [0.1, 0.15) is 5.56 Å². The summed E-state index contributed by atoms with van der Waals surface area (Å²) < 4.78 is 6.00. The molecule has 6 heteroatoms. The van der Waals surface area contributed by atoms with Gasteiger partial charge in [-0.05, 0) is 28.1 Å². The first-order chi connectivity index (χ1) is 7.74. The number of nitrogens with one attached hydrogen (secondary N) is 1. The molecule has 2 rings (SSSR count). The Hall–Kier alpha value is -1.69. The number of rotatable bonds is 3. The Morgan fingerprint density at radius 3 is 2.81 bits per heavy atom. The summed E-state index contributed by atoms with van der Waals surface area (Å²) in [5, 5.41) is 10.4. The summed E-state index contributed by atoms with van der Waals surface area (Å²) in [6.07, 6.45) is 1.72. The van der Waals surface area contributed by atoms with Gasteiger partial charge in [0.1, 0.15) is 10.3 Å². The van der Waals surface area contributed by atoms with Gasteiger partial charge in [0.25, 0.3) is 5.89 Å². The minimum atomic E-state index is 0.362. The molecule has 0 saturated heterocycles. The number of nitrogens with zero attached hydrogens (tertiary/aromatic N) is 3. The van der Waals surface area contributed by atoms with Crippen molar-refractivity contribution < 1.29 is 4.42 Å². The Labute approximate surface area is 101 Å². The van der Waals surface area contributed by atoms with E-state index in [1.54, 1.807) is 19.2 Å². The zero-order valence-corrected chi connectivity index (χ0v) is 10.2. The molecule has 2 heterocycles. The monoisotopic (exact) mass is 280 g/mol. The molecule has 0 bridgehead atoms. The summed E-state index contributed by atoms with van der Waals surface area (Å²) in [6.45, 7) is 3.68. The molecule has 0 aromatic carbocycles. The fourth-order valence-electron chi connectivity index (χ4n) is 1.14. The van der Waals surface area contributed by atoms with Crippen LogP contribution in [0.15, 0.2) is 27.7 Å². The minimum absolute atomic E-state index is 0.362. The van der Waals surface area contributed by atoms with Crippen molar-refractivity contribution in [3.8, 4) is 11.6 Å². The molecule has 0 amide bonds. The van der Waals surface area contributed by atoms with Crippen LogP contribution in [-0.4, -0.2) is 22.2 Å². The standard InChI is InChI=1S/C10H9BrN4O/c1-3-6-4-5-7(13-8(6)11)9-14-15-10(12-2)16-9/h3-5H,1H2,2H3,(H,12,15). The Morgan fingerprint density at radius 1 is 1.44 bits per heavy atom. The molecule has 1 N–H and O–H groups in total. The van der Waals surface area contributed by atoms with Gasteiger partial charge >= 0.3 is 6.01 Å². The Kier molecular flexibility index (Phi) is 3.00. The summed E-state index contributed by atoms with van der Waals surface area (Å²) in [6, 6.07) is 4.04. The highest BCUT2D eigenvalue weighted by Gasteiger charge is 2.10. The summed E-state index contributed by atoms with van der Waals surface area (Å²) in [4.78, 5) is 4.28. The van der Waals surface area contributed by atoms with Gasteiger partial charge in [0.05, 0.1) is 0 Å². The van der Waals surface area contributed by atoms with E-state index in [-0.39, 0.29) is 0 Å². The molecule has 16 heavy (non-hydrogen) atoms. The number of anilines is 1. The van der Waals surface area contributed by atoms with E-state index < -0.39 is 0 Å². The summed E-state index contributed by atoms with van der Waals surface area (Å²) in [5.41, 5.74) is 1.53. The van der Waals surface area contributed by atoms with Gasteiger partial charge < -0.3 is 9.73 Å². The number of halogens is 1. The van der Waals surface area contributed by atoms with Gasteiger partial charge in [-0.25, -0.2) is 4.98 Å². The van der Waals surface area contributed by atoms with Crippen molar-refractivity contribution in [1.82, 2.24) is 15.2 Å². The Morgan fingerprint density at radius 2 is 2.25 bits per heavy atom. The maximum atomic E-state index is 5.30. The second kappa shape index (κ2) is 4.44. The fourth-order valence-corrected chi connectivity index (χ4v) is 1.63. The van der Waals surface area contributed by atoms with Crippen molar-refractivity contribution in [3.05, 3.63) is 28.9 Å². The predicted octanol–water partition coefficient (Wildman–Crippen LogP) is 2.58. The fraction of sp³-hybridized carbons (Fsp3) is 0.100. The molecule has 0 aliphatic carbocycles. The van der Waals surface area contributed by atoms with Gasteiger partial charge in [-0.1, -0.05) is 17.8 Å². The molecule has 82 valence electrons. The number of aromatic nitrogens is 3. The van der Waals surface area contributed by atoms with Gasteiger partial charge in [0.2, 0.25) is 0 Å². The van der Waals surface area contributed by atoms with Crippen LogP contribution in [0.4, 0.5) is 6.01 Å². The van der Waals surface area contributed by atoms with Crippen LogP contribution in [0.3, 0.4) is 0 Å². The molecule has 0 saturated carbocycles. The lowest BCUT2D eigenvalue weighted by Crippen LogP contribution is -1.87. The third kappa shape index (κ3) is 1.96. The minimum Gasteiger partial charge on any atom is -0.402 e. The quantitative estimate of drug-likeness (QED) is 0.876. The lowest BCUT2D eigenvalue weighted by atomic mass is 10.2. The SMILES string of the molecule is C=Cc1ccc(-c2nnc(NC)o2)nc1Br. The second-order valence-corrected chi connectivity index (χ2v) is 3.69. The molecule has 0 unspecified atom stereocenters.